The molecule has 3 rings (SSSR count). The van der Waals surface area contributed by atoms with E-state index in [4.69, 9.17) is 26.8 Å². The number of hydrogen-bond donors (Lipinski definition) is 1. The number of halogens is 4. The average molecular weight is 437 g/mol. The number of benzene rings is 1. The normalized spacial score (nSPS) is 11.1. The fourth-order valence-corrected chi connectivity index (χ4v) is 2.85. The Morgan fingerprint density at radius 1 is 1.33 bits per heavy atom. The highest BCUT2D eigenvalue weighted by Gasteiger charge is 2.35. The van der Waals surface area contributed by atoms with E-state index in [0.29, 0.717) is 5.69 Å². The Labute approximate surface area is 173 Å². The highest BCUT2D eigenvalue weighted by molar-refractivity contribution is 6.32. The van der Waals surface area contributed by atoms with Crippen LogP contribution in [-0.2, 0) is 10.9 Å². The Bertz CT molecular complexity index is 1170. The van der Waals surface area contributed by atoms with Crippen LogP contribution >= 0.6 is 11.6 Å². The molecule has 2 N–H and O–H groups in total. The van der Waals surface area contributed by atoms with E-state index in [9.17, 15) is 23.2 Å². The number of nitrogens with zero attached hydrogens (tertiary/aromatic N) is 3. The summed E-state index contributed by atoms with van der Waals surface area (Å²) >= 11 is 6.18. The molecular formula is C19H12ClF3N4O3. The Hall–Kier alpha value is -3.71. The summed E-state index contributed by atoms with van der Waals surface area (Å²) in [6, 6.07) is 7.88. The van der Waals surface area contributed by atoms with Crippen LogP contribution in [0.3, 0.4) is 0 Å². The first-order valence-corrected chi connectivity index (χ1v) is 8.54. The van der Waals surface area contributed by atoms with E-state index < -0.39 is 23.6 Å². The zero-order valence-corrected chi connectivity index (χ0v) is 16.0. The van der Waals surface area contributed by atoms with Crippen LogP contribution in [0, 0.1) is 11.3 Å². The van der Waals surface area contributed by atoms with Gasteiger partial charge < -0.3 is 19.8 Å². The maximum Gasteiger partial charge on any atom is 0.421 e. The SMILES string of the molecule is COC(=O)c1c(N)c(C#N)cn1-c1ccc(Oc2ncccc2C(F)(F)F)c(Cl)c1. The van der Waals surface area contributed by atoms with Crippen LogP contribution in [0.4, 0.5) is 18.9 Å². The minimum atomic E-state index is -4.66. The topological polar surface area (TPSA) is 103 Å². The van der Waals surface area contributed by atoms with E-state index >= 15 is 0 Å². The summed E-state index contributed by atoms with van der Waals surface area (Å²) in [5.74, 6) is -1.54. The van der Waals surface area contributed by atoms with Crippen molar-refractivity contribution in [1.82, 2.24) is 9.55 Å². The molecule has 1 aromatic carbocycles. The van der Waals surface area contributed by atoms with Gasteiger partial charge in [0.15, 0.2) is 5.69 Å². The molecule has 0 bridgehead atoms. The number of carbonyl (C=O) groups excluding carboxylic acids is 1. The molecule has 2 heterocycles. The molecule has 0 atom stereocenters. The van der Waals surface area contributed by atoms with Crippen molar-refractivity contribution in [3.05, 3.63) is 64.6 Å². The Kier molecular flexibility index (Phi) is 5.58. The van der Waals surface area contributed by atoms with Crippen LogP contribution in [0.25, 0.3) is 5.69 Å². The number of anilines is 1. The summed E-state index contributed by atoms with van der Waals surface area (Å²) in [6.07, 6.45) is -2.20. The van der Waals surface area contributed by atoms with Gasteiger partial charge in [-0.3, -0.25) is 0 Å². The minimum absolute atomic E-state index is 0.0372. The van der Waals surface area contributed by atoms with Gasteiger partial charge in [-0.25, -0.2) is 9.78 Å². The van der Waals surface area contributed by atoms with E-state index in [-0.39, 0.29) is 27.7 Å². The van der Waals surface area contributed by atoms with Crippen LogP contribution in [0.5, 0.6) is 11.6 Å². The Balaban J connectivity index is 2.03. The summed E-state index contributed by atoms with van der Waals surface area (Å²) in [6.45, 7) is 0. The third kappa shape index (κ3) is 3.88. The lowest BCUT2D eigenvalue weighted by Gasteiger charge is -2.14. The maximum absolute atomic E-state index is 13.1. The molecule has 2 aromatic heterocycles. The van der Waals surface area contributed by atoms with Gasteiger partial charge in [0.2, 0.25) is 5.88 Å². The molecule has 3 aromatic rings. The quantitative estimate of drug-likeness (QED) is 0.600. The van der Waals surface area contributed by atoms with Gasteiger partial charge in [-0.2, -0.15) is 18.4 Å². The van der Waals surface area contributed by atoms with Crippen molar-refractivity contribution in [2.75, 3.05) is 12.8 Å². The maximum atomic E-state index is 13.1. The van der Waals surface area contributed by atoms with Crippen molar-refractivity contribution in [2.45, 2.75) is 6.18 Å². The van der Waals surface area contributed by atoms with Gasteiger partial charge >= 0.3 is 12.1 Å². The molecule has 0 fully saturated rings. The standard InChI is InChI=1S/C19H12ClF3N4O3/c1-29-18(28)16-15(25)10(8-24)9-27(16)11-4-5-14(13(20)7-11)30-17-12(19(21,22)23)3-2-6-26-17/h2-7,9H,25H2,1H3. The summed E-state index contributed by atoms with van der Waals surface area (Å²) in [5, 5.41) is 9.11. The lowest BCUT2D eigenvalue weighted by molar-refractivity contribution is -0.138. The lowest BCUT2D eigenvalue weighted by atomic mass is 10.2. The number of pyridine rings is 1. The Morgan fingerprint density at radius 3 is 2.67 bits per heavy atom. The number of hydrogen-bond acceptors (Lipinski definition) is 6. The van der Waals surface area contributed by atoms with Gasteiger partial charge in [0.1, 0.15) is 17.4 Å². The number of alkyl halides is 3. The summed E-state index contributed by atoms with van der Waals surface area (Å²) in [5.41, 5.74) is 4.95. The molecule has 0 saturated heterocycles. The highest BCUT2D eigenvalue weighted by atomic mass is 35.5. The van der Waals surface area contributed by atoms with Crippen molar-refractivity contribution >= 4 is 23.3 Å². The second-order valence-corrected chi connectivity index (χ2v) is 6.26. The number of nitriles is 1. The van der Waals surface area contributed by atoms with Gasteiger partial charge in [0.05, 0.1) is 23.4 Å². The fraction of sp³-hybridized carbons (Fsp3) is 0.105. The first-order chi connectivity index (χ1) is 14.2. The number of esters is 1. The average Bonchev–Trinajstić information content (AvgIpc) is 3.05. The summed E-state index contributed by atoms with van der Waals surface area (Å²) in [7, 11) is 1.15. The number of carbonyl (C=O) groups is 1. The van der Waals surface area contributed by atoms with E-state index in [0.717, 1.165) is 25.4 Å². The monoisotopic (exact) mass is 436 g/mol. The molecule has 0 saturated carbocycles. The molecule has 0 unspecified atom stereocenters. The molecule has 30 heavy (non-hydrogen) atoms. The molecule has 0 spiro atoms. The van der Waals surface area contributed by atoms with Gasteiger partial charge in [0.25, 0.3) is 0 Å². The first kappa shape index (κ1) is 21.0. The second-order valence-electron chi connectivity index (χ2n) is 5.85. The molecule has 154 valence electrons. The van der Waals surface area contributed by atoms with Crippen molar-refractivity contribution in [2.24, 2.45) is 0 Å². The summed E-state index contributed by atoms with van der Waals surface area (Å²) < 4.78 is 50.6. The molecule has 0 aliphatic carbocycles. The third-order valence-electron chi connectivity index (χ3n) is 4.02. The second kappa shape index (κ2) is 7.96. The van der Waals surface area contributed by atoms with Crippen LogP contribution in [0.2, 0.25) is 5.02 Å². The van der Waals surface area contributed by atoms with Gasteiger partial charge in [-0.15, -0.1) is 0 Å². The largest absolute Gasteiger partial charge is 0.464 e. The van der Waals surface area contributed by atoms with Crippen molar-refractivity contribution in [1.29, 1.82) is 5.26 Å². The molecule has 0 amide bonds. The molecule has 0 aliphatic rings. The number of ether oxygens (including phenoxy) is 2. The van der Waals surface area contributed by atoms with Crippen molar-refractivity contribution in [3.8, 4) is 23.4 Å². The zero-order valence-electron chi connectivity index (χ0n) is 15.2. The molecule has 0 aliphatic heterocycles. The number of nitrogens with two attached hydrogens (primary N) is 1. The number of methoxy groups -OCH3 is 1. The van der Waals surface area contributed by atoms with Crippen LogP contribution in [0.15, 0.2) is 42.7 Å². The van der Waals surface area contributed by atoms with Gasteiger partial charge in [-0.05, 0) is 30.3 Å². The van der Waals surface area contributed by atoms with E-state index in [1.807, 2.05) is 6.07 Å². The van der Waals surface area contributed by atoms with Gasteiger partial charge in [0, 0.05) is 18.1 Å². The van der Waals surface area contributed by atoms with Crippen molar-refractivity contribution < 1.29 is 27.4 Å². The van der Waals surface area contributed by atoms with Gasteiger partial charge in [-0.1, -0.05) is 11.6 Å². The number of nitrogen functional groups attached to an aromatic ring is 1. The summed E-state index contributed by atoms with van der Waals surface area (Å²) in [4.78, 5) is 15.7. The van der Waals surface area contributed by atoms with E-state index in [2.05, 4.69) is 4.98 Å². The molecular weight excluding hydrogens is 425 g/mol. The molecule has 0 radical (unpaired) electrons. The molecule has 11 heteroatoms. The first-order valence-electron chi connectivity index (χ1n) is 8.16. The number of rotatable bonds is 4. The predicted molar refractivity (Wildman–Crippen MR) is 101 cm³/mol. The van der Waals surface area contributed by atoms with E-state index in [1.54, 1.807) is 0 Å². The smallest absolute Gasteiger partial charge is 0.421 e. The van der Waals surface area contributed by atoms with Crippen molar-refractivity contribution in [3.63, 3.8) is 0 Å². The molecule has 7 nitrogen and oxygen atoms in total. The number of aromatic nitrogens is 2. The predicted octanol–water partition coefficient (Wildman–Crippen LogP) is 4.58. The Morgan fingerprint density at radius 2 is 2.07 bits per heavy atom. The lowest BCUT2D eigenvalue weighted by Crippen LogP contribution is -2.11. The van der Waals surface area contributed by atoms with E-state index in [1.165, 1.54) is 29.0 Å². The zero-order chi connectivity index (χ0) is 22.1. The van der Waals surface area contributed by atoms with Crippen LogP contribution in [0.1, 0.15) is 21.6 Å². The van der Waals surface area contributed by atoms with Crippen LogP contribution < -0.4 is 10.5 Å². The minimum Gasteiger partial charge on any atom is -0.464 e. The van der Waals surface area contributed by atoms with Crippen LogP contribution in [-0.4, -0.2) is 22.6 Å². The third-order valence-corrected chi connectivity index (χ3v) is 4.32. The highest BCUT2D eigenvalue weighted by Crippen LogP contribution is 2.39. The fourth-order valence-electron chi connectivity index (χ4n) is 2.63.